The number of benzene rings is 1. The summed E-state index contributed by atoms with van der Waals surface area (Å²) in [7, 11) is 0. The summed E-state index contributed by atoms with van der Waals surface area (Å²) in [5, 5.41) is 14.3. The molecule has 4 nitrogen and oxygen atoms in total. The molecule has 1 aromatic carbocycles. The molecule has 1 atom stereocenters. The number of hydrogen-bond acceptors (Lipinski definition) is 3. The van der Waals surface area contributed by atoms with Crippen LogP contribution < -0.4 is 5.32 Å². The molecule has 19 heavy (non-hydrogen) atoms. The minimum absolute atomic E-state index is 0.157. The molecule has 0 bridgehead atoms. The molecule has 2 rings (SSSR count). The molecule has 0 amide bonds. The first kappa shape index (κ1) is 14.0. The van der Waals surface area contributed by atoms with E-state index in [1.54, 1.807) is 0 Å². The molecule has 2 aromatic rings. The summed E-state index contributed by atoms with van der Waals surface area (Å²) in [5.74, 6) is -0.308. The van der Waals surface area contributed by atoms with Gasteiger partial charge in [0.05, 0.1) is 5.03 Å². The molecule has 0 radical (unpaired) electrons. The fourth-order valence-corrected chi connectivity index (χ4v) is 2.87. The van der Waals surface area contributed by atoms with Gasteiger partial charge in [-0.2, -0.15) is 0 Å². The van der Waals surface area contributed by atoms with E-state index < -0.39 is 12.0 Å². The Morgan fingerprint density at radius 3 is 2.79 bits per heavy atom. The van der Waals surface area contributed by atoms with Crippen LogP contribution in [-0.2, 0) is 4.79 Å². The number of nitrogens with one attached hydrogen (secondary N) is 2. The maximum Gasteiger partial charge on any atom is 0.321 e. The van der Waals surface area contributed by atoms with E-state index in [1.165, 1.54) is 11.8 Å². The fourth-order valence-electron chi connectivity index (χ4n) is 1.89. The van der Waals surface area contributed by atoms with Gasteiger partial charge >= 0.3 is 5.97 Å². The topological polar surface area (TPSA) is 65.1 Å². The zero-order valence-electron chi connectivity index (χ0n) is 11.0. The van der Waals surface area contributed by atoms with Crippen LogP contribution in [-0.4, -0.2) is 33.9 Å². The van der Waals surface area contributed by atoms with Crippen LogP contribution in [0.1, 0.15) is 13.8 Å². The highest BCUT2D eigenvalue weighted by Crippen LogP contribution is 2.23. The molecule has 0 fully saturated rings. The van der Waals surface area contributed by atoms with Crippen molar-refractivity contribution in [2.75, 3.05) is 5.75 Å². The van der Waals surface area contributed by atoms with E-state index in [-0.39, 0.29) is 6.04 Å². The van der Waals surface area contributed by atoms with Crippen molar-refractivity contribution in [3.63, 3.8) is 0 Å². The van der Waals surface area contributed by atoms with Crippen LogP contribution in [0.4, 0.5) is 0 Å². The second-order valence-electron chi connectivity index (χ2n) is 4.74. The number of rotatable bonds is 6. The first-order valence-corrected chi connectivity index (χ1v) is 7.24. The number of aromatic amines is 1. The SMILES string of the molecule is CC(C)NC(CSc1cc2ccccc2[nH]1)C(=O)O. The van der Waals surface area contributed by atoms with Gasteiger partial charge in [0.25, 0.3) is 0 Å². The average molecular weight is 278 g/mol. The molecule has 0 aliphatic heterocycles. The van der Waals surface area contributed by atoms with E-state index in [9.17, 15) is 4.79 Å². The van der Waals surface area contributed by atoms with Gasteiger partial charge < -0.3 is 15.4 Å². The lowest BCUT2D eigenvalue weighted by Gasteiger charge is -2.16. The highest BCUT2D eigenvalue weighted by atomic mass is 32.2. The van der Waals surface area contributed by atoms with Gasteiger partial charge in [0.1, 0.15) is 6.04 Å². The Hall–Kier alpha value is -1.46. The number of para-hydroxylation sites is 1. The normalized spacial score (nSPS) is 13.0. The molecule has 0 spiro atoms. The maximum atomic E-state index is 11.1. The molecule has 0 saturated heterocycles. The van der Waals surface area contributed by atoms with Gasteiger partial charge in [-0.3, -0.25) is 4.79 Å². The molecule has 0 saturated carbocycles. The summed E-state index contributed by atoms with van der Waals surface area (Å²) in [6.45, 7) is 3.90. The van der Waals surface area contributed by atoms with Crippen LogP contribution in [0.25, 0.3) is 10.9 Å². The van der Waals surface area contributed by atoms with Gasteiger partial charge in [-0.1, -0.05) is 32.0 Å². The molecule has 5 heteroatoms. The quantitative estimate of drug-likeness (QED) is 0.711. The van der Waals surface area contributed by atoms with Crippen LogP contribution >= 0.6 is 11.8 Å². The van der Waals surface area contributed by atoms with Gasteiger partial charge in [-0.05, 0) is 12.1 Å². The lowest BCUT2D eigenvalue weighted by Crippen LogP contribution is -2.42. The summed E-state index contributed by atoms with van der Waals surface area (Å²) in [5.41, 5.74) is 1.08. The highest BCUT2D eigenvalue weighted by molar-refractivity contribution is 7.99. The Bertz CT molecular complexity index is 532. The molecular weight excluding hydrogens is 260 g/mol. The molecule has 1 aromatic heterocycles. The minimum atomic E-state index is -0.808. The van der Waals surface area contributed by atoms with Gasteiger partial charge in [-0.25, -0.2) is 0 Å². The largest absolute Gasteiger partial charge is 0.480 e. The zero-order valence-corrected chi connectivity index (χ0v) is 11.8. The summed E-state index contributed by atoms with van der Waals surface area (Å²) in [4.78, 5) is 14.4. The van der Waals surface area contributed by atoms with E-state index >= 15 is 0 Å². The van der Waals surface area contributed by atoms with Crippen LogP contribution in [0.2, 0.25) is 0 Å². The molecule has 0 aliphatic carbocycles. The van der Waals surface area contributed by atoms with Crippen LogP contribution in [0.15, 0.2) is 35.4 Å². The molecule has 1 unspecified atom stereocenters. The first-order chi connectivity index (χ1) is 9.06. The van der Waals surface area contributed by atoms with Gasteiger partial charge in [0, 0.05) is 22.7 Å². The van der Waals surface area contributed by atoms with Crippen molar-refractivity contribution >= 4 is 28.6 Å². The predicted octanol–water partition coefficient (Wildman–Crippen LogP) is 2.71. The lowest BCUT2D eigenvalue weighted by atomic mass is 10.3. The summed E-state index contributed by atoms with van der Waals surface area (Å²) in [6.07, 6.45) is 0. The van der Waals surface area contributed by atoms with Crippen LogP contribution in [0.3, 0.4) is 0 Å². The maximum absolute atomic E-state index is 11.1. The first-order valence-electron chi connectivity index (χ1n) is 6.25. The summed E-state index contributed by atoms with van der Waals surface area (Å²) in [6, 6.07) is 9.70. The number of H-pyrrole nitrogens is 1. The second-order valence-corrected chi connectivity index (χ2v) is 5.81. The molecule has 3 N–H and O–H groups in total. The van der Waals surface area contributed by atoms with Gasteiger partial charge in [-0.15, -0.1) is 11.8 Å². The number of aliphatic carboxylic acids is 1. The van der Waals surface area contributed by atoms with Crippen LogP contribution in [0, 0.1) is 0 Å². The van der Waals surface area contributed by atoms with Crippen molar-refractivity contribution < 1.29 is 9.90 Å². The van der Waals surface area contributed by atoms with E-state index in [0.29, 0.717) is 5.75 Å². The minimum Gasteiger partial charge on any atom is -0.480 e. The summed E-state index contributed by atoms with van der Waals surface area (Å²) < 4.78 is 0. The molecule has 102 valence electrons. The highest BCUT2D eigenvalue weighted by Gasteiger charge is 2.18. The van der Waals surface area contributed by atoms with Crippen molar-refractivity contribution in [3.8, 4) is 0 Å². The summed E-state index contributed by atoms with van der Waals surface area (Å²) >= 11 is 1.53. The second kappa shape index (κ2) is 6.12. The van der Waals surface area contributed by atoms with E-state index in [2.05, 4.69) is 10.3 Å². The van der Waals surface area contributed by atoms with Gasteiger partial charge in [0.2, 0.25) is 0 Å². The van der Waals surface area contributed by atoms with Crippen molar-refractivity contribution in [1.29, 1.82) is 0 Å². The number of carbonyl (C=O) groups is 1. The monoisotopic (exact) mass is 278 g/mol. The Morgan fingerprint density at radius 1 is 1.42 bits per heavy atom. The molecule has 1 heterocycles. The van der Waals surface area contributed by atoms with Gasteiger partial charge in [0.15, 0.2) is 0 Å². The third-order valence-electron chi connectivity index (χ3n) is 2.74. The number of fused-ring (bicyclic) bond motifs is 1. The Morgan fingerprint density at radius 2 is 2.16 bits per heavy atom. The van der Waals surface area contributed by atoms with Crippen molar-refractivity contribution in [1.82, 2.24) is 10.3 Å². The number of thioether (sulfide) groups is 1. The van der Waals surface area contributed by atoms with Crippen LogP contribution in [0.5, 0.6) is 0 Å². The number of carboxylic acid groups (broad SMARTS) is 1. The number of hydrogen-bond donors (Lipinski definition) is 3. The van der Waals surface area contributed by atoms with E-state index in [4.69, 9.17) is 5.11 Å². The van der Waals surface area contributed by atoms with Crippen molar-refractivity contribution in [2.45, 2.75) is 31.0 Å². The molecule has 0 aliphatic rings. The average Bonchev–Trinajstić information content (AvgIpc) is 2.76. The van der Waals surface area contributed by atoms with E-state index in [0.717, 1.165) is 15.9 Å². The predicted molar refractivity (Wildman–Crippen MR) is 78.7 cm³/mol. The molecular formula is C14H18N2O2S. The Labute approximate surface area is 116 Å². The number of aromatic nitrogens is 1. The van der Waals surface area contributed by atoms with Crippen molar-refractivity contribution in [2.24, 2.45) is 0 Å². The van der Waals surface area contributed by atoms with Crippen molar-refractivity contribution in [3.05, 3.63) is 30.3 Å². The lowest BCUT2D eigenvalue weighted by molar-refractivity contribution is -0.139. The Balaban J connectivity index is 2.02. The third kappa shape index (κ3) is 3.75. The zero-order chi connectivity index (χ0) is 13.8. The smallest absolute Gasteiger partial charge is 0.321 e. The number of carboxylic acids is 1. The Kier molecular flexibility index (Phi) is 4.50. The standard InChI is InChI=1S/C14H18N2O2S/c1-9(2)15-12(14(17)18)8-19-13-7-10-5-3-4-6-11(10)16-13/h3-7,9,12,15-16H,8H2,1-2H3,(H,17,18). The third-order valence-corrected chi connectivity index (χ3v) is 3.77. The van der Waals surface area contributed by atoms with E-state index in [1.807, 2.05) is 44.2 Å². The fraction of sp³-hybridized carbons (Fsp3) is 0.357.